The number of ketones is 1. The van der Waals surface area contributed by atoms with Crippen LogP contribution in [0.3, 0.4) is 0 Å². The highest BCUT2D eigenvalue weighted by atomic mass is 19.1. The molecule has 0 saturated carbocycles. The first-order valence-corrected chi connectivity index (χ1v) is 7.65. The summed E-state index contributed by atoms with van der Waals surface area (Å²) in [7, 11) is 0. The van der Waals surface area contributed by atoms with Gasteiger partial charge in [-0.1, -0.05) is 11.6 Å². The first-order chi connectivity index (χ1) is 11.9. The number of fused-ring (bicyclic) bond motifs is 1. The minimum absolute atomic E-state index is 0.316. The van der Waals surface area contributed by atoms with Gasteiger partial charge in [-0.15, -0.1) is 0 Å². The van der Waals surface area contributed by atoms with Gasteiger partial charge >= 0.3 is 5.97 Å². The summed E-state index contributed by atoms with van der Waals surface area (Å²) < 4.78 is 26.8. The molecule has 0 aliphatic carbocycles. The molecule has 0 fully saturated rings. The fourth-order valence-corrected chi connectivity index (χ4v) is 2.89. The van der Waals surface area contributed by atoms with E-state index in [1.165, 1.54) is 0 Å². The molecular weight excluding hydrogens is 328 g/mol. The van der Waals surface area contributed by atoms with Gasteiger partial charge in [-0.05, 0) is 36.8 Å². The van der Waals surface area contributed by atoms with Crippen LogP contribution >= 0.6 is 0 Å². The molecule has 1 heterocycles. The van der Waals surface area contributed by atoms with Crippen molar-refractivity contribution >= 4 is 22.7 Å². The Hall–Kier alpha value is -3.02. The third kappa shape index (κ3) is 3.28. The van der Waals surface area contributed by atoms with Gasteiger partial charge in [-0.25, -0.2) is 8.78 Å². The molecule has 1 unspecified atom stereocenters. The van der Waals surface area contributed by atoms with Crippen LogP contribution in [0.1, 0.15) is 33.8 Å². The van der Waals surface area contributed by atoms with Gasteiger partial charge in [0.25, 0.3) is 0 Å². The summed E-state index contributed by atoms with van der Waals surface area (Å²) in [5.74, 6) is -4.79. The van der Waals surface area contributed by atoms with Crippen molar-refractivity contribution in [2.24, 2.45) is 0 Å². The summed E-state index contributed by atoms with van der Waals surface area (Å²) in [5.41, 5.74) is 1.85. The maximum Gasteiger partial charge on any atom is 0.311 e. The van der Waals surface area contributed by atoms with Crippen molar-refractivity contribution in [3.63, 3.8) is 0 Å². The van der Waals surface area contributed by atoms with Crippen LogP contribution in [0.25, 0.3) is 10.9 Å². The normalized spacial score (nSPS) is 12.3. The highest BCUT2D eigenvalue weighted by Crippen LogP contribution is 2.30. The number of halogens is 2. The summed E-state index contributed by atoms with van der Waals surface area (Å²) in [5, 5.41) is 10.3. The summed E-state index contributed by atoms with van der Waals surface area (Å²) in [6.45, 7) is 1.88. The summed E-state index contributed by atoms with van der Waals surface area (Å²) in [6.07, 6.45) is 1.13. The average Bonchev–Trinajstić information content (AvgIpc) is 2.94. The number of rotatable bonds is 5. The number of aromatic nitrogens is 1. The van der Waals surface area contributed by atoms with Crippen LogP contribution in [0.4, 0.5) is 8.78 Å². The van der Waals surface area contributed by atoms with Gasteiger partial charge in [0.2, 0.25) is 0 Å². The molecule has 3 rings (SSSR count). The van der Waals surface area contributed by atoms with Crippen molar-refractivity contribution in [3.05, 3.63) is 70.9 Å². The van der Waals surface area contributed by atoms with E-state index in [9.17, 15) is 23.5 Å². The monoisotopic (exact) mass is 343 g/mol. The van der Waals surface area contributed by atoms with Crippen LogP contribution < -0.4 is 0 Å². The van der Waals surface area contributed by atoms with Crippen LogP contribution in [-0.2, 0) is 4.79 Å². The molecule has 1 aromatic heterocycles. The number of aliphatic carboxylic acids is 1. The molecule has 128 valence electrons. The molecule has 2 aromatic carbocycles. The third-order valence-corrected chi connectivity index (χ3v) is 4.16. The number of aromatic amines is 1. The Labute approximate surface area is 142 Å². The van der Waals surface area contributed by atoms with E-state index >= 15 is 0 Å². The molecule has 0 aliphatic heterocycles. The van der Waals surface area contributed by atoms with Crippen molar-refractivity contribution in [3.8, 4) is 0 Å². The van der Waals surface area contributed by atoms with Crippen LogP contribution in [0, 0.1) is 18.6 Å². The molecule has 0 aliphatic rings. The zero-order chi connectivity index (χ0) is 18.1. The van der Waals surface area contributed by atoms with Crippen molar-refractivity contribution in [1.82, 2.24) is 4.98 Å². The lowest BCUT2D eigenvalue weighted by Crippen LogP contribution is -2.17. The Kier molecular flexibility index (Phi) is 4.35. The Morgan fingerprint density at radius 2 is 1.92 bits per heavy atom. The fourth-order valence-electron chi connectivity index (χ4n) is 2.89. The summed E-state index contributed by atoms with van der Waals surface area (Å²) in [6, 6.07) is 8.16. The highest BCUT2D eigenvalue weighted by Gasteiger charge is 2.27. The predicted molar refractivity (Wildman–Crippen MR) is 88.7 cm³/mol. The summed E-state index contributed by atoms with van der Waals surface area (Å²) >= 11 is 0. The first kappa shape index (κ1) is 16.8. The molecule has 25 heavy (non-hydrogen) atoms. The molecule has 1 atom stereocenters. The van der Waals surface area contributed by atoms with Crippen molar-refractivity contribution in [1.29, 1.82) is 0 Å². The predicted octanol–water partition coefficient (Wildman–Crippen LogP) is 4.20. The number of Topliss-reactive ketones (excluding diaryl/α,β-unsaturated/α-hetero) is 1. The number of nitrogens with one attached hydrogen (secondary N) is 1. The third-order valence-electron chi connectivity index (χ3n) is 4.16. The van der Waals surface area contributed by atoms with E-state index in [1.807, 2.05) is 25.1 Å². The zero-order valence-corrected chi connectivity index (χ0v) is 13.3. The number of carbonyl (C=O) groups excluding carboxylic acids is 1. The molecule has 0 radical (unpaired) electrons. The number of carbonyl (C=O) groups is 2. The number of aryl methyl sites for hydroxylation is 1. The molecule has 6 heteroatoms. The second-order valence-electron chi connectivity index (χ2n) is 5.94. The minimum atomic E-state index is -1.18. The summed E-state index contributed by atoms with van der Waals surface area (Å²) in [4.78, 5) is 27.1. The second-order valence-corrected chi connectivity index (χ2v) is 5.94. The van der Waals surface area contributed by atoms with Crippen molar-refractivity contribution in [2.45, 2.75) is 19.3 Å². The smallest absolute Gasteiger partial charge is 0.311 e. The SMILES string of the molecule is Cc1ccc2[nH]cc(C(CC(=O)c3ccc(F)cc3F)C(=O)O)c2c1. The van der Waals surface area contributed by atoms with Crippen molar-refractivity contribution < 1.29 is 23.5 Å². The maximum atomic E-state index is 13.8. The van der Waals surface area contributed by atoms with Crippen LogP contribution in [-0.4, -0.2) is 21.8 Å². The zero-order valence-electron chi connectivity index (χ0n) is 13.3. The Balaban J connectivity index is 1.97. The van der Waals surface area contributed by atoms with Gasteiger partial charge in [0.1, 0.15) is 11.6 Å². The average molecular weight is 343 g/mol. The van der Waals surface area contributed by atoms with E-state index in [0.717, 1.165) is 23.2 Å². The van der Waals surface area contributed by atoms with Crippen LogP contribution in [0.2, 0.25) is 0 Å². The van der Waals surface area contributed by atoms with Gasteiger partial charge in [0.15, 0.2) is 5.78 Å². The van der Waals surface area contributed by atoms with Crippen LogP contribution in [0.5, 0.6) is 0 Å². The number of benzene rings is 2. The van der Waals surface area contributed by atoms with E-state index in [-0.39, 0.29) is 5.56 Å². The van der Waals surface area contributed by atoms with E-state index in [1.54, 1.807) is 6.20 Å². The molecule has 0 amide bonds. The molecule has 2 N–H and O–H groups in total. The molecular formula is C19H15F2NO3. The van der Waals surface area contributed by atoms with E-state index in [0.29, 0.717) is 17.0 Å². The fraction of sp³-hybridized carbons (Fsp3) is 0.158. The molecule has 0 spiro atoms. The lowest BCUT2D eigenvalue weighted by Gasteiger charge is -2.12. The highest BCUT2D eigenvalue weighted by molar-refractivity contribution is 6.00. The number of carboxylic acid groups (broad SMARTS) is 1. The second kappa shape index (κ2) is 6.47. The minimum Gasteiger partial charge on any atom is -0.481 e. The standard InChI is InChI=1S/C19H15F2NO3/c1-10-2-5-17-13(6-10)15(9-22-17)14(19(24)25)8-18(23)12-4-3-11(20)7-16(12)21/h2-7,9,14,22H,8H2,1H3,(H,24,25). The van der Waals surface area contributed by atoms with Gasteiger partial charge in [-0.3, -0.25) is 9.59 Å². The molecule has 0 saturated heterocycles. The van der Waals surface area contributed by atoms with Gasteiger partial charge in [-0.2, -0.15) is 0 Å². The number of carboxylic acids is 1. The Morgan fingerprint density at radius 3 is 2.60 bits per heavy atom. The topological polar surface area (TPSA) is 70.2 Å². The maximum absolute atomic E-state index is 13.8. The number of H-pyrrole nitrogens is 1. The van der Waals surface area contributed by atoms with Crippen molar-refractivity contribution in [2.75, 3.05) is 0 Å². The molecule has 3 aromatic rings. The van der Waals surface area contributed by atoms with Gasteiger partial charge < -0.3 is 10.1 Å². The number of hydrogen-bond acceptors (Lipinski definition) is 2. The Bertz CT molecular complexity index is 978. The van der Waals surface area contributed by atoms with Gasteiger partial charge in [0, 0.05) is 29.6 Å². The number of hydrogen-bond donors (Lipinski definition) is 2. The van der Waals surface area contributed by atoms with Gasteiger partial charge in [0.05, 0.1) is 11.5 Å². The van der Waals surface area contributed by atoms with E-state index in [2.05, 4.69) is 4.98 Å². The molecule has 0 bridgehead atoms. The van der Waals surface area contributed by atoms with E-state index < -0.39 is 35.7 Å². The lowest BCUT2D eigenvalue weighted by molar-refractivity contribution is -0.138. The largest absolute Gasteiger partial charge is 0.481 e. The first-order valence-electron chi connectivity index (χ1n) is 7.65. The molecule has 4 nitrogen and oxygen atoms in total. The van der Waals surface area contributed by atoms with Crippen LogP contribution in [0.15, 0.2) is 42.6 Å². The quantitative estimate of drug-likeness (QED) is 0.682. The Morgan fingerprint density at radius 1 is 1.16 bits per heavy atom. The lowest BCUT2D eigenvalue weighted by atomic mass is 9.91. The van der Waals surface area contributed by atoms with E-state index in [4.69, 9.17) is 0 Å².